The van der Waals surface area contributed by atoms with Crippen LogP contribution in [-0.2, 0) is 6.54 Å². The quantitative estimate of drug-likeness (QED) is 0.882. The van der Waals surface area contributed by atoms with Gasteiger partial charge in [-0.25, -0.2) is 8.78 Å². The van der Waals surface area contributed by atoms with Crippen molar-refractivity contribution in [2.24, 2.45) is 5.73 Å². The predicted octanol–water partition coefficient (Wildman–Crippen LogP) is 2.96. The van der Waals surface area contributed by atoms with E-state index in [1.807, 2.05) is 6.07 Å². The third kappa shape index (κ3) is 2.36. The lowest BCUT2D eigenvalue weighted by Crippen LogP contribution is -2.00. The maximum atomic E-state index is 13.4. The van der Waals surface area contributed by atoms with Crippen LogP contribution in [0.5, 0.6) is 0 Å². The molecule has 0 radical (unpaired) electrons. The van der Waals surface area contributed by atoms with Gasteiger partial charge in [0.15, 0.2) is 0 Å². The van der Waals surface area contributed by atoms with Crippen LogP contribution in [0.25, 0.3) is 11.1 Å². The van der Waals surface area contributed by atoms with Crippen LogP contribution in [0, 0.1) is 23.0 Å². The van der Waals surface area contributed by atoms with E-state index in [1.54, 1.807) is 6.07 Å². The second-order valence-electron chi connectivity index (χ2n) is 3.85. The van der Waals surface area contributed by atoms with E-state index in [9.17, 15) is 8.78 Å². The van der Waals surface area contributed by atoms with Crippen molar-refractivity contribution in [2.45, 2.75) is 6.54 Å². The molecule has 0 aliphatic heterocycles. The molecule has 2 N–H and O–H groups in total. The molecule has 0 heterocycles. The molecule has 2 nitrogen and oxygen atoms in total. The minimum Gasteiger partial charge on any atom is -0.326 e. The Morgan fingerprint density at radius 2 is 1.83 bits per heavy atom. The van der Waals surface area contributed by atoms with E-state index in [2.05, 4.69) is 0 Å². The van der Waals surface area contributed by atoms with Gasteiger partial charge in [0.2, 0.25) is 0 Å². The monoisotopic (exact) mass is 244 g/mol. The van der Waals surface area contributed by atoms with Gasteiger partial charge in [-0.05, 0) is 47.0 Å². The Hall–Kier alpha value is -2.25. The van der Waals surface area contributed by atoms with Gasteiger partial charge in [0, 0.05) is 6.54 Å². The average Bonchev–Trinajstić information content (AvgIpc) is 2.38. The Kier molecular flexibility index (Phi) is 3.35. The summed E-state index contributed by atoms with van der Waals surface area (Å²) >= 11 is 0. The SMILES string of the molecule is N#Cc1cc(F)cc(-c2cc(F)ccc2CN)c1. The lowest BCUT2D eigenvalue weighted by atomic mass is 9.98. The van der Waals surface area contributed by atoms with E-state index in [4.69, 9.17) is 11.0 Å². The minimum absolute atomic E-state index is 0.192. The highest BCUT2D eigenvalue weighted by Crippen LogP contribution is 2.26. The van der Waals surface area contributed by atoms with E-state index in [-0.39, 0.29) is 12.1 Å². The van der Waals surface area contributed by atoms with Crippen LogP contribution in [0.2, 0.25) is 0 Å². The highest BCUT2D eigenvalue weighted by atomic mass is 19.1. The topological polar surface area (TPSA) is 49.8 Å². The van der Waals surface area contributed by atoms with Crippen LogP contribution in [0.4, 0.5) is 8.78 Å². The summed E-state index contributed by atoms with van der Waals surface area (Å²) in [4.78, 5) is 0. The predicted molar refractivity (Wildman–Crippen MR) is 64.4 cm³/mol. The first-order valence-corrected chi connectivity index (χ1v) is 5.33. The number of benzene rings is 2. The van der Waals surface area contributed by atoms with Crippen LogP contribution < -0.4 is 5.73 Å². The molecule has 2 aromatic carbocycles. The normalized spacial score (nSPS) is 10.1. The largest absolute Gasteiger partial charge is 0.326 e. The first kappa shape index (κ1) is 12.2. The molecule has 0 spiro atoms. The zero-order chi connectivity index (χ0) is 13.1. The fourth-order valence-electron chi connectivity index (χ4n) is 1.81. The first-order chi connectivity index (χ1) is 8.63. The van der Waals surface area contributed by atoms with Gasteiger partial charge >= 0.3 is 0 Å². The third-order valence-electron chi connectivity index (χ3n) is 2.63. The summed E-state index contributed by atoms with van der Waals surface area (Å²) in [6.45, 7) is 0.216. The molecule has 0 aliphatic carbocycles. The van der Waals surface area contributed by atoms with Crippen molar-refractivity contribution in [3.8, 4) is 17.2 Å². The highest BCUT2D eigenvalue weighted by molar-refractivity contribution is 5.69. The minimum atomic E-state index is -0.531. The fourth-order valence-corrected chi connectivity index (χ4v) is 1.81. The Morgan fingerprint density at radius 3 is 2.50 bits per heavy atom. The highest BCUT2D eigenvalue weighted by Gasteiger charge is 2.08. The number of rotatable bonds is 2. The van der Waals surface area contributed by atoms with Gasteiger partial charge in [0.25, 0.3) is 0 Å². The number of nitrogens with two attached hydrogens (primary N) is 1. The molecule has 0 saturated carbocycles. The van der Waals surface area contributed by atoms with Crippen molar-refractivity contribution in [2.75, 3.05) is 0 Å². The zero-order valence-electron chi connectivity index (χ0n) is 9.45. The molecule has 0 bridgehead atoms. The molecular formula is C14H10F2N2. The summed E-state index contributed by atoms with van der Waals surface area (Å²) < 4.78 is 26.6. The number of nitriles is 1. The van der Waals surface area contributed by atoms with Crippen molar-refractivity contribution in [3.05, 3.63) is 59.2 Å². The molecule has 2 aromatic rings. The molecule has 0 fully saturated rings. The molecule has 90 valence electrons. The Labute approximate surface area is 103 Å². The summed E-state index contributed by atoms with van der Waals surface area (Å²) in [6, 6.07) is 9.91. The van der Waals surface area contributed by atoms with Crippen molar-refractivity contribution < 1.29 is 8.78 Å². The summed E-state index contributed by atoms with van der Waals surface area (Å²) in [6.07, 6.45) is 0. The van der Waals surface area contributed by atoms with Crippen molar-refractivity contribution in [3.63, 3.8) is 0 Å². The van der Waals surface area contributed by atoms with Crippen molar-refractivity contribution in [1.29, 1.82) is 5.26 Å². The maximum absolute atomic E-state index is 13.4. The first-order valence-electron chi connectivity index (χ1n) is 5.33. The van der Waals surface area contributed by atoms with E-state index in [0.29, 0.717) is 16.7 Å². The number of hydrogen-bond acceptors (Lipinski definition) is 2. The molecule has 0 amide bonds. The van der Waals surface area contributed by atoms with Gasteiger partial charge in [-0.2, -0.15) is 5.26 Å². The Bertz CT molecular complexity index is 630. The summed E-state index contributed by atoms with van der Waals surface area (Å²) in [5.74, 6) is -0.957. The summed E-state index contributed by atoms with van der Waals surface area (Å²) in [5.41, 5.74) is 7.42. The molecule has 4 heteroatoms. The lowest BCUT2D eigenvalue weighted by molar-refractivity contribution is 0.625. The standard InChI is InChI=1S/C14H10F2N2/c15-12-2-1-10(8-18)14(6-12)11-3-9(7-17)4-13(16)5-11/h1-6H,8,18H2. The molecular weight excluding hydrogens is 234 g/mol. The Balaban J connectivity index is 2.65. The van der Waals surface area contributed by atoms with E-state index < -0.39 is 11.6 Å². The molecule has 18 heavy (non-hydrogen) atoms. The summed E-state index contributed by atoms with van der Waals surface area (Å²) in [7, 11) is 0. The van der Waals surface area contributed by atoms with Gasteiger partial charge in [-0.1, -0.05) is 6.07 Å². The molecule has 0 atom stereocenters. The number of nitrogens with zero attached hydrogens (tertiary/aromatic N) is 1. The molecule has 0 unspecified atom stereocenters. The van der Waals surface area contributed by atoms with E-state index >= 15 is 0 Å². The third-order valence-corrected chi connectivity index (χ3v) is 2.63. The maximum Gasteiger partial charge on any atom is 0.125 e. The van der Waals surface area contributed by atoms with Crippen LogP contribution >= 0.6 is 0 Å². The van der Waals surface area contributed by atoms with Crippen LogP contribution in [0.15, 0.2) is 36.4 Å². The average molecular weight is 244 g/mol. The van der Waals surface area contributed by atoms with Gasteiger partial charge in [-0.3, -0.25) is 0 Å². The zero-order valence-corrected chi connectivity index (χ0v) is 9.45. The van der Waals surface area contributed by atoms with Crippen LogP contribution in [-0.4, -0.2) is 0 Å². The number of halogens is 2. The molecule has 2 rings (SSSR count). The Morgan fingerprint density at radius 1 is 1.06 bits per heavy atom. The smallest absolute Gasteiger partial charge is 0.125 e. The molecule has 0 aromatic heterocycles. The molecule has 0 aliphatic rings. The van der Waals surface area contributed by atoms with Crippen LogP contribution in [0.3, 0.4) is 0 Å². The second-order valence-corrected chi connectivity index (χ2v) is 3.85. The summed E-state index contributed by atoms with van der Waals surface area (Å²) in [5, 5.41) is 8.80. The van der Waals surface area contributed by atoms with Crippen molar-refractivity contribution >= 4 is 0 Å². The molecule has 0 saturated heterocycles. The van der Waals surface area contributed by atoms with E-state index in [1.165, 1.54) is 24.3 Å². The second kappa shape index (κ2) is 4.94. The fraction of sp³-hybridized carbons (Fsp3) is 0.0714. The van der Waals surface area contributed by atoms with Gasteiger partial charge in [-0.15, -0.1) is 0 Å². The van der Waals surface area contributed by atoms with Crippen molar-refractivity contribution in [1.82, 2.24) is 0 Å². The van der Waals surface area contributed by atoms with Gasteiger partial charge in [0.05, 0.1) is 11.6 Å². The van der Waals surface area contributed by atoms with Gasteiger partial charge < -0.3 is 5.73 Å². The lowest BCUT2D eigenvalue weighted by Gasteiger charge is -2.09. The van der Waals surface area contributed by atoms with E-state index in [0.717, 1.165) is 6.07 Å². The van der Waals surface area contributed by atoms with Crippen LogP contribution in [0.1, 0.15) is 11.1 Å². The number of hydrogen-bond donors (Lipinski definition) is 1. The van der Waals surface area contributed by atoms with Gasteiger partial charge in [0.1, 0.15) is 11.6 Å².